The zero-order valence-electron chi connectivity index (χ0n) is 10.8. The van der Waals surface area contributed by atoms with Crippen molar-refractivity contribution in [2.45, 2.75) is 19.9 Å². The van der Waals surface area contributed by atoms with Gasteiger partial charge in [-0.1, -0.05) is 30.0 Å². The SMILES string of the molecule is C/N=C1\SCN(C(C)C)C(=O)N1c1ccccc1. The van der Waals surface area contributed by atoms with E-state index in [1.54, 1.807) is 23.7 Å². The lowest BCUT2D eigenvalue weighted by Gasteiger charge is -2.37. The molecule has 18 heavy (non-hydrogen) atoms. The number of anilines is 1. The van der Waals surface area contributed by atoms with Crippen LogP contribution in [-0.4, -0.2) is 35.1 Å². The molecule has 1 fully saturated rings. The Hall–Kier alpha value is -1.49. The largest absolute Gasteiger partial charge is 0.331 e. The van der Waals surface area contributed by atoms with Gasteiger partial charge < -0.3 is 4.90 Å². The highest BCUT2D eigenvalue weighted by Crippen LogP contribution is 2.27. The molecule has 0 atom stereocenters. The highest BCUT2D eigenvalue weighted by Gasteiger charge is 2.33. The fourth-order valence-corrected chi connectivity index (χ4v) is 2.89. The highest BCUT2D eigenvalue weighted by molar-refractivity contribution is 8.14. The Bertz CT molecular complexity index is 459. The normalized spacial score (nSPS) is 18.9. The third kappa shape index (κ3) is 2.36. The number of amides is 2. The standard InChI is InChI=1S/C13H17N3OS/c1-10(2)15-9-18-12(14-3)16(13(15)17)11-7-5-4-6-8-11/h4-8,10H,9H2,1-3H3/b14-12-. The Kier molecular flexibility index (Phi) is 3.91. The second-order valence-corrected chi connectivity index (χ2v) is 5.21. The van der Waals surface area contributed by atoms with Crippen LogP contribution in [0.25, 0.3) is 0 Å². The fraction of sp³-hybridized carbons (Fsp3) is 0.385. The molecule has 1 saturated heterocycles. The molecule has 0 aliphatic carbocycles. The van der Waals surface area contributed by atoms with Crippen molar-refractivity contribution in [2.75, 3.05) is 17.8 Å². The zero-order valence-corrected chi connectivity index (χ0v) is 11.6. The van der Waals surface area contributed by atoms with Gasteiger partial charge in [-0.2, -0.15) is 0 Å². The molecule has 0 radical (unpaired) electrons. The minimum absolute atomic E-state index is 0.00412. The molecule has 0 spiro atoms. The Labute approximate surface area is 112 Å². The predicted octanol–water partition coefficient (Wildman–Crippen LogP) is 3.01. The summed E-state index contributed by atoms with van der Waals surface area (Å²) in [6.45, 7) is 4.05. The lowest BCUT2D eigenvalue weighted by molar-refractivity contribution is 0.204. The van der Waals surface area contributed by atoms with E-state index in [0.717, 1.165) is 10.9 Å². The topological polar surface area (TPSA) is 35.9 Å². The number of hydrogen-bond donors (Lipinski definition) is 0. The quantitative estimate of drug-likeness (QED) is 0.822. The van der Waals surface area contributed by atoms with Gasteiger partial charge in [-0.3, -0.25) is 4.99 Å². The fourth-order valence-electron chi connectivity index (χ4n) is 1.79. The molecule has 1 aromatic carbocycles. The average molecular weight is 263 g/mol. The van der Waals surface area contributed by atoms with Crippen LogP contribution in [0.1, 0.15) is 13.8 Å². The lowest BCUT2D eigenvalue weighted by atomic mass is 10.3. The Morgan fingerprint density at radius 1 is 1.28 bits per heavy atom. The van der Waals surface area contributed by atoms with E-state index in [0.29, 0.717) is 5.88 Å². The van der Waals surface area contributed by atoms with Gasteiger partial charge in [0, 0.05) is 13.1 Å². The minimum atomic E-state index is -0.00412. The zero-order chi connectivity index (χ0) is 13.1. The van der Waals surface area contributed by atoms with Gasteiger partial charge in [-0.05, 0) is 26.0 Å². The van der Waals surface area contributed by atoms with Gasteiger partial charge in [0.1, 0.15) is 0 Å². The van der Waals surface area contributed by atoms with Gasteiger partial charge in [-0.15, -0.1) is 0 Å². The van der Waals surface area contributed by atoms with Crippen LogP contribution in [0, 0.1) is 0 Å². The first kappa shape index (κ1) is 13.0. The summed E-state index contributed by atoms with van der Waals surface area (Å²) in [5.41, 5.74) is 0.862. The molecule has 1 aliphatic rings. The summed E-state index contributed by atoms with van der Waals surface area (Å²) in [5, 5.41) is 0.753. The van der Waals surface area contributed by atoms with Gasteiger partial charge in [0.25, 0.3) is 0 Å². The molecule has 2 rings (SSSR count). The summed E-state index contributed by atoms with van der Waals surface area (Å²) >= 11 is 1.59. The molecule has 1 aliphatic heterocycles. The molecule has 0 N–H and O–H groups in total. The number of para-hydroxylation sites is 1. The van der Waals surface area contributed by atoms with Crippen molar-refractivity contribution in [3.8, 4) is 0 Å². The number of rotatable bonds is 2. The Morgan fingerprint density at radius 2 is 1.94 bits per heavy atom. The number of urea groups is 1. The number of carbonyl (C=O) groups excluding carboxylic acids is 1. The van der Waals surface area contributed by atoms with E-state index in [4.69, 9.17) is 0 Å². The lowest BCUT2D eigenvalue weighted by Crippen LogP contribution is -2.52. The van der Waals surface area contributed by atoms with Crippen LogP contribution in [0.3, 0.4) is 0 Å². The van der Waals surface area contributed by atoms with Crippen molar-refractivity contribution in [1.29, 1.82) is 0 Å². The third-order valence-electron chi connectivity index (χ3n) is 2.79. The molecule has 0 aromatic heterocycles. The maximum absolute atomic E-state index is 12.5. The maximum atomic E-state index is 12.5. The van der Waals surface area contributed by atoms with Crippen LogP contribution < -0.4 is 4.90 Å². The van der Waals surface area contributed by atoms with Gasteiger partial charge in [-0.25, -0.2) is 9.69 Å². The van der Waals surface area contributed by atoms with Crippen molar-refractivity contribution in [3.63, 3.8) is 0 Å². The van der Waals surface area contributed by atoms with E-state index >= 15 is 0 Å². The van der Waals surface area contributed by atoms with E-state index in [1.807, 2.05) is 49.1 Å². The van der Waals surface area contributed by atoms with Crippen LogP contribution in [-0.2, 0) is 0 Å². The molecule has 0 unspecified atom stereocenters. The Morgan fingerprint density at radius 3 is 2.50 bits per heavy atom. The predicted molar refractivity (Wildman–Crippen MR) is 77.1 cm³/mol. The third-order valence-corrected chi connectivity index (χ3v) is 3.82. The first-order chi connectivity index (χ1) is 8.65. The van der Waals surface area contributed by atoms with Crippen LogP contribution in [0.15, 0.2) is 35.3 Å². The summed E-state index contributed by atoms with van der Waals surface area (Å²) in [5.74, 6) is 0.659. The molecular weight excluding hydrogens is 246 g/mol. The number of nitrogens with zero attached hydrogens (tertiary/aromatic N) is 3. The molecular formula is C13H17N3OS. The van der Waals surface area contributed by atoms with Crippen molar-refractivity contribution in [1.82, 2.24) is 4.90 Å². The second kappa shape index (κ2) is 5.44. The number of aliphatic imine (C=N–C) groups is 1. The maximum Gasteiger partial charge on any atom is 0.331 e. The molecule has 5 heteroatoms. The molecule has 0 bridgehead atoms. The Balaban J connectivity index is 2.37. The van der Waals surface area contributed by atoms with Crippen molar-refractivity contribution in [2.24, 2.45) is 4.99 Å². The monoisotopic (exact) mass is 263 g/mol. The van der Waals surface area contributed by atoms with Crippen molar-refractivity contribution < 1.29 is 4.79 Å². The van der Waals surface area contributed by atoms with E-state index < -0.39 is 0 Å². The van der Waals surface area contributed by atoms with Crippen LogP contribution in [0.2, 0.25) is 0 Å². The van der Waals surface area contributed by atoms with Crippen LogP contribution in [0.4, 0.5) is 10.5 Å². The average Bonchev–Trinajstić information content (AvgIpc) is 2.38. The van der Waals surface area contributed by atoms with Gasteiger partial charge in [0.2, 0.25) is 0 Å². The summed E-state index contributed by atoms with van der Waals surface area (Å²) in [6.07, 6.45) is 0. The summed E-state index contributed by atoms with van der Waals surface area (Å²) in [6, 6.07) is 9.82. The van der Waals surface area contributed by atoms with E-state index in [-0.39, 0.29) is 12.1 Å². The summed E-state index contributed by atoms with van der Waals surface area (Å²) < 4.78 is 0. The first-order valence-electron chi connectivity index (χ1n) is 5.90. The molecule has 4 nitrogen and oxygen atoms in total. The summed E-state index contributed by atoms with van der Waals surface area (Å²) in [7, 11) is 1.72. The van der Waals surface area contributed by atoms with E-state index in [9.17, 15) is 4.79 Å². The summed E-state index contributed by atoms with van der Waals surface area (Å²) in [4.78, 5) is 20.2. The minimum Gasteiger partial charge on any atom is -0.312 e. The molecule has 0 saturated carbocycles. The van der Waals surface area contributed by atoms with E-state index in [1.165, 1.54) is 0 Å². The second-order valence-electron chi connectivity index (χ2n) is 4.30. The van der Waals surface area contributed by atoms with Gasteiger partial charge in [0.05, 0.1) is 11.6 Å². The smallest absolute Gasteiger partial charge is 0.312 e. The molecule has 2 amide bonds. The van der Waals surface area contributed by atoms with Gasteiger partial charge in [0.15, 0.2) is 5.17 Å². The number of amidine groups is 1. The first-order valence-corrected chi connectivity index (χ1v) is 6.89. The van der Waals surface area contributed by atoms with Crippen molar-refractivity contribution >= 4 is 28.6 Å². The van der Waals surface area contributed by atoms with Gasteiger partial charge >= 0.3 is 6.03 Å². The highest BCUT2D eigenvalue weighted by atomic mass is 32.2. The molecule has 96 valence electrons. The number of benzene rings is 1. The van der Waals surface area contributed by atoms with E-state index in [2.05, 4.69) is 4.99 Å². The van der Waals surface area contributed by atoms with Crippen molar-refractivity contribution in [3.05, 3.63) is 30.3 Å². The number of thioether (sulfide) groups is 1. The number of carbonyl (C=O) groups is 1. The van der Waals surface area contributed by atoms with Crippen LogP contribution >= 0.6 is 11.8 Å². The number of hydrogen-bond acceptors (Lipinski definition) is 3. The molecule has 1 heterocycles. The van der Waals surface area contributed by atoms with Crippen LogP contribution in [0.5, 0.6) is 0 Å². The molecule has 1 aromatic rings.